The maximum Gasteiger partial charge on any atom is 0.160 e. The molecule has 252 valence electrons. The molecule has 0 saturated heterocycles. The first-order chi connectivity index (χ1) is 26.7. The zero-order chi connectivity index (χ0) is 35.6. The molecule has 0 amide bonds. The number of ether oxygens (including phenoxy) is 1. The van der Waals surface area contributed by atoms with Crippen molar-refractivity contribution in [2.75, 3.05) is 0 Å². The van der Waals surface area contributed by atoms with Gasteiger partial charge in [-0.1, -0.05) is 158 Å². The first-order valence-electron chi connectivity index (χ1n) is 18.4. The van der Waals surface area contributed by atoms with Gasteiger partial charge in [0.05, 0.1) is 16.8 Å². The van der Waals surface area contributed by atoms with E-state index in [1.54, 1.807) is 0 Å². The van der Waals surface area contributed by atoms with Crippen LogP contribution in [0.4, 0.5) is 0 Å². The fraction of sp³-hybridized carbons (Fsp3) is 0.0196. The van der Waals surface area contributed by atoms with Crippen LogP contribution in [0.5, 0.6) is 11.5 Å². The van der Waals surface area contributed by atoms with Crippen molar-refractivity contribution in [1.29, 1.82) is 0 Å². The number of fused-ring (bicyclic) bond motifs is 10. The summed E-state index contributed by atoms with van der Waals surface area (Å²) in [6.07, 6.45) is 0. The molecule has 0 radical (unpaired) electrons. The molecule has 1 aliphatic heterocycles. The molecule has 1 aromatic heterocycles. The lowest BCUT2D eigenvalue weighted by atomic mass is 9.66. The highest BCUT2D eigenvalue weighted by Crippen LogP contribution is 2.62. The van der Waals surface area contributed by atoms with Crippen LogP contribution in [0.15, 0.2) is 194 Å². The lowest BCUT2D eigenvalue weighted by Crippen LogP contribution is -2.32. The second-order valence-corrected chi connectivity index (χ2v) is 14.1. The zero-order valence-corrected chi connectivity index (χ0v) is 29.3. The Kier molecular flexibility index (Phi) is 6.77. The van der Waals surface area contributed by atoms with E-state index in [1.165, 1.54) is 38.6 Å². The van der Waals surface area contributed by atoms with Crippen LogP contribution >= 0.6 is 0 Å². The molecule has 3 heteroatoms. The van der Waals surface area contributed by atoms with Crippen LogP contribution in [0.1, 0.15) is 22.3 Å². The Morgan fingerprint density at radius 2 is 0.889 bits per heavy atom. The van der Waals surface area contributed by atoms with Crippen LogP contribution in [0.2, 0.25) is 0 Å². The molecule has 1 aliphatic carbocycles. The van der Waals surface area contributed by atoms with Gasteiger partial charge >= 0.3 is 0 Å². The van der Waals surface area contributed by atoms with E-state index in [9.17, 15) is 0 Å². The number of nitrogens with zero attached hydrogens (tertiary/aromatic N) is 2. The number of hydrogen-bond donors (Lipinski definition) is 0. The van der Waals surface area contributed by atoms with E-state index in [-0.39, 0.29) is 0 Å². The summed E-state index contributed by atoms with van der Waals surface area (Å²) in [6, 6.07) is 69.0. The number of aromatic nitrogens is 2. The average Bonchev–Trinajstić information content (AvgIpc) is 3.53. The van der Waals surface area contributed by atoms with Gasteiger partial charge in [0, 0.05) is 27.8 Å². The Hall–Kier alpha value is -7.10. The summed E-state index contributed by atoms with van der Waals surface area (Å²) in [5.41, 5.74) is 13.8. The molecule has 1 spiro atoms. The molecular formula is C51H32N2O. The minimum atomic E-state index is -0.556. The molecule has 54 heavy (non-hydrogen) atoms. The summed E-state index contributed by atoms with van der Waals surface area (Å²) in [5.74, 6) is 2.46. The van der Waals surface area contributed by atoms with E-state index in [0.717, 1.165) is 56.3 Å². The third-order valence-corrected chi connectivity index (χ3v) is 11.1. The van der Waals surface area contributed by atoms with E-state index >= 15 is 0 Å². The Balaban J connectivity index is 1.12. The SMILES string of the molecule is c1ccc(-c2nc(-c3cccc(-c4ccc5ccccc5c4)c3)cc(-c3ccc4c(c3)C3(c5ccccc5Oc5ccccc53)c3ccccc3-4)n2)cc1. The van der Waals surface area contributed by atoms with Gasteiger partial charge in [-0.25, -0.2) is 9.97 Å². The molecule has 2 aliphatic rings. The summed E-state index contributed by atoms with van der Waals surface area (Å²) in [6.45, 7) is 0. The van der Waals surface area contributed by atoms with E-state index in [0.29, 0.717) is 5.82 Å². The highest BCUT2D eigenvalue weighted by atomic mass is 16.5. The molecule has 0 unspecified atom stereocenters. The van der Waals surface area contributed by atoms with Gasteiger partial charge in [-0.05, 0) is 80.6 Å². The predicted octanol–water partition coefficient (Wildman–Crippen LogP) is 12.8. The first-order valence-corrected chi connectivity index (χ1v) is 18.4. The molecule has 8 aromatic carbocycles. The maximum atomic E-state index is 6.58. The van der Waals surface area contributed by atoms with Crippen molar-refractivity contribution in [3.05, 3.63) is 216 Å². The third kappa shape index (κ3) is 4.62. The molecule has 11 rings (SSSR count). The quantitative estimate of drug-likeness (QED) is 0.185. The molecule has 2 heterocycles. The van der Waals surface area contributed by atoms with E-state index in [2.05, 4.69) is 176 Å². The summed E-state index contributed by atoms with van der Waals surface area (Å²) in [5, 5.41) is 2.46. The normalized spacial score (nSPS) is 13.1. The minimum absolute atomic E-state index is 0.556. The first kappa shape index (κ1) is 30.5. The van der Waals surface area contributed by atoms with Crippen LogP contribution < -0.4 is 4.74 Å². The van der Waals surface area contributed by atoms with Crippen LogP contribution in [0.3, 0.4) is 0 Å². The standard InChI is InChI=1S/C51H32N2O/c1-2-14-34(15-3-1)50-52-46(38-18-12-17-36(30-38)37-26-25-33-13-4-5-16-35(33)29-37)32-47(53-50)39-27-28-41-40-19-6-7-20-42(40)51(45(41)31-39)43-21-8-10-23-48(43)54-49-24-11-9-22-44(49)51/h1-32H. The van der Waals surface area contributed by atoms with E-state index in [4.69, 9.17) is 14.7 Å². The molecule has 0 saturated carbocycles. The molecule has 0 N–H and O–H groups in total. The van der Waals surface area contributed by atoms with Crippen LogP contribution in [0, 0.1) is 0 Å². The summed E-state index contributed by atoms with van der Waals surface area (Å²) >= 11 is 0. The largest absolute Gasteiger partial charge is 0.457 e. The van der Waals surface area contributed by atoms with Gasteiger partial charge in [-0.3, -0.25) is 0 Å². The number of benzene rings is 8. The van der Waals surface area contributed by atoms with Crippen molar-refractivity contribution < 1.29 is 4.74 Å². The van der Waals surface area contributed by atoms with Gasteiger partial charge in [0.15, 0.2) is 5.82 Å². The Morgan fingerprint density at radius 3 is 1.67 bits per heavy atom. The molecule has 0 atom stereocenters. The van der Waals surface area contributed by atoms with Crippen LogP contribution in [-0.4, -0.2) is 9.97 Å². The molecule has 9 aromatic rings. The second-order valence-electron chi connectivity index (χ2n) is 14.1. The number of hydrogen-bond acceptors (Lipinski definition) is 3. The van der Waals surface area contributed by atoms with Crippen molar-refractivity contribution in [3.63, 3.8) is 0 Å². The van der Waals surface area contributed by atoms with Crippen LogP contribution in [0.25, 0.3) is 66.9 Å². The highest BCUT2D eigenvalue weighted by molar-refractivity contribution is 5.91. The van der Waals surface area contributed by atoms with Gasteiger partial charge in [-0.2, -0.15) is 0 Å². The molecular weight excluding hydrogens is 657 g/mol. The fourth-order valence-corrected chi connectivity index (χ4v) is 8.70. The van der Waals surface area contributed by atoms with Crippen LogP contribution in [-0.2, 0) is 5.41 Å². The third-order valence-electron chi connectivity index (χ3n) is 11.1. The van der Waals surface area contributed by atoms with Crippen molar-refractivity contribution in [3.8, 4) is 67.7 Å². The summed E-state index contributed by atoms with van der Waals surface area (Å²) < 4.78 is 6.58. The molecule has 0 fully saturated rings. The summed E-state index contributed by atoms with van der Waals surface area (Å²) in [4.78, 5) is 10.5. The van der Waals surface area contributed by atoms with Gasteiger partial charge in [0.25, 0.3) is 0 Å². The highest BCUT2D eigenvalue weighted by Gasteiger charge is 2.51. The smallest absolute Gasteiger partial charge is 0.160 e. The van der Waals surface area contributed by atoms with Crippen molar-refractivity contribution in [2.45, 2.75) is 5.41 Å². The predicted molar refractivity (Wildman–Crippen MR) is 219 cm³/mol. The lowest BCUT2D eigenvalue weighted by Gasteiger charge is -2.39. The minimum Gasteiger partial charge on any atom is -0.457 e. The Morgan fingerprint density at radius 1 is 0.333 bits per heavy atom. The number of para-hydroxylation sites is 2. The molecule has 3 nitrogen and oxygen atoms in total. The zero-order valence-electron chi connectivity index (χ0n) is 29.3. The maximum absolute atomic E-state index is 6.58. The van der Waals surface area contributed by atoms with Gasteiger partial charge in [0.2, 0.25) is 0 Å². The second kappa shape index (κ2) is 12.0. The fourth-order valence-electron chi connectivity index (χ4n) is 8.70. The van der Waals surface area contributed by atoms with Crippen molar-refractivity contribution in [1.82, 2.24) is 9.97 Å². The van der Waals surface area contributed by atoms with Crippen molar-refractivity contribution >= 4 is 10.8 Å². The van der Waals surface area contributed by atoms with E-state index < -0.39 is 5.41 Å². The molecule has 0 bridgehead atoms. The van der Waals surface area contributed by atoms with Gasteiger partial charge in [-0.15, -0.1) is 0 Å². The number of rotatable bonds is 4. The van der Waals surface area contributed by atoms with Gasteiger partial charge in [0.1, 0.15) is 11.5 Å². The lowest BCUT2D eigenvalue weighted by molar-refractivity contribution is 0.436. The Labute approximate surface area is 313 Å². The average molecular weight is 689 g/mol. The van der Waals surface area contributed by atoms with Crippen molar-refractivity contribution in [2.24, 2.45) is 0 Å². The topological polar surface area (TPSA) is 35.0 Å². The van der Waals surface area contributed by atoms with E-state index in [1.807, 2.05) is 18.2 Å². The van der Waals surface area contributed by atoms with Gasteiger partial charge < -0.3 is 4.74 Å². The Bertz CT molecular complexity index is 2880. The monoisotopic (exact) mass is 688 g/mol. The summed E-state index contributed by atoms with van der Waals surface area (Å²) in [7, 11) is 0.